The van der Waals surface area contributed by atoms with Crippen molar-refractivity contribution in [3.05, 3.63) is 35.9 Å². The van der Waals surface area contributed by atoms with Crippen molar-refractivity contribution in [3.8, 4) is 0 Å². The molecule has 0 bridgehead atoms. The van der Waals surface area contributed by atoms with Crippen molar-refractivity contribution in [2.45, 2.75) is 32.2 Å². The number of hydrazine groups is 1. The Kier molecular flexibility index (Phi) is 4.97. The van der Waals surface area contributed by atoms with Crippen LogP contribution in [0.1, 0.15) is 25.8 Å². The summed E-state index contributed by atoms with van der Waals surface area (Å²) >= 11 is 0. The van der Waals surface area contributed by atoms with Gasteiger partial charge in [-0.3, -0.25) is 10.4 Å². The zero-order valence-electron chi connectivity index (χ0n) is 10.8. The Morgan fingerprint density at radius 3 is 2.47 bits per heavy atom. The van der Waals surface area contributed by atoms with Gasteiger partial charge in [-0.15, -0.1) is 0 Å². The van der Waals surface area contributed by atoms with Gasteiger partial charge in [-0.25, -0.2) is 5.84 Å². The second-order valence-corrected chi connectivity index (χ2v) is 4.71. The third-order valence-corrected chi connectivity index (χ3v) is 2.70. The molecule has 0 fully saturated rings. The predicted octanol–water partition coefficient (Wildman–Crippen LogP) is 1.44. The monoisotopic (exact) mass is 234 g/mol. The minimum Gasteiger partial charge on any atom is -0.350 e. The Morgan fingerprint density at radius 1 is 1.29 bits per heavy atom. The lowest BCUT2D eigenvalue weighted by Crippen LogP contribution is -2.51. The van der Waals surface area contributed by atoms with Gasteiger partial charge in [0.1, 0.15) is 0 Å². The van der Waals surface area contributed by atoms with Crippen LogP contribution in [-0.4, -0.2) is 18.5 Å². The van der Waals surface area contributed by atoms with Crippen LogP contribution in [0.5, 0.6) is 0 Å². The molecule has 0 aliphatic rings. The molecule has 0 spiro atoms. The van der Waals surface area contributed by atoms with Crippen LogP contribution in [0.15, 0.2) is 35.3 Å². The molecule has 94 valence electrons. The standard InChI is InChI=1S/C13H22N4/c1-13(2,16-12(15-3)17-14)10-9-11-7-5-4-6-8-11/h4-8H,9-10,14H2,1-3H3,(H2,15,16,17). The summed E-state index contributed by atoms with van der Waals surface area (Å²) in [5, 5.41) is 3.28. The van der Waals surface area contributed by atoms with Crippen molar-refractivity contribution in [2.75, 3.05) is 7.05 Å². The van der Waals surface area contributed by atoms with E-state index in [0.29, 0.717) is 5.96 Å². The average Bonchev–Trinajstić information content (AvgIpc) is 2.35. The third-order valence-electron chi connectivity index (χ3n) is 2.70. The molecule has 17 heavy (non-hydrogen) atoms. The van der Waals surface area contributed by atoms with Gasteiger partial charge in [0, 0.05) is 12.6 Å². The lowest BCUT2D eigenvalue weighted by Gasteiger charge is -2.27. The topological polar surface area (TPSA) is 62.4 Å². The fourth-order valence-electron chi connectivity index (χ4n) is 1.64. The molecule has 0 saturated carbocycles. The van der Waals surface area contributed by atoms with Crippen LogP contribution < -0.4 is 16.6 Å². The molecule has 0 unspecified atom stereocenters. The molecule has 0 radical (unpaired) electrons. The highest BCUT2D eigenvalue weighted by atomic mass is 15.3. The number of nitrogens with zero attached hydrogens (tertiary/aromatic N) is 1. The van der Waals surface area contributed by atoms with Crippen LogP contribution in [0.25, 0.3) is 0 Å². The Hall–Kier alpha value is -1.55. The van der Waals surface area contributed by atoms with Crippen molar-refractivity contribution in [3.63, 3.8) is 0 Å². The normalized spacial score (nSPS) is 12.4. The van der Waals surface area contributed by atoms with E-state index in [0.717, 1.165) is 12.8 Å². The van der Waals surface area contributed by atoms with E-state index in [1.165, 1.54) is 5.56 Å². The fraction of sp³-hybridized carbons (Fsp3) is 0.462. The van der Waals surface area contributed by atoms with Crippen molar-refractivity contribution in [1.82, 2.24) is 10.7 Å². The van der Waals surface area contributed by atoms with Gasteiger partial charge in [-0.1, -0.05) is 30.3 Å². The molecule has 1 aromatic carbocycles. The second kappa shape index (κ2) is 6.25. The first-order valence-corrected chi connectivity index (χ1v) is 5.83. The maximum absolute atomic E-state index is 5.35. The van der Waals surface area contributed by atoms with E-state index in [1.807, 2.05) is 6.07 Å². The van der Waals surface area contributed by atoms with Crippen LogP contribution in [0.2, 0.25) is 0 Å². The minimum absolute atomic E-state index is 0.0446. The number of aliphatic imine (C=N–C) groups is 1. The number of hydrogen-bond acceptors (Lipinski definition) is 2. The van der Waals surface area contributed by atoms with E-state index < -0.39 is 0 Å². The fourth-order valence-corrected chi connectivity index (χ4v) is 1.64. The number of rotatable bonds is 4. The molecule has 1 aromatic rings. The molecule has 1 rings (SSSR count). The first kappa shape index (κ1) is 13.5. The number of hydrogen-bond donors (Lipinski definition) is 3. The molecule has 4 nitrogen and oxygen atoms in total. The molecule has 0 saturated heterocycles. The third kappa shape index (κ3) is 4.87. The summed E-state index contributed by atoms with van der Waals surface area (Å²) in [7, 11) is 1.70. The largest absolute Gasteiger partial charge is 0.350 e. The lowest BCUT2D eigenvalue weighted by atomic mass is 9.95. The van der Waals surface area contributed by atoms with Crippen molar-refractivity contribution >= 4 is 5.96 Å². The highest BCUT2D eigenvalue weighted by Crippen LogP contribution is 2.13. The number of nitrogens with two attached hydrogens (primary N) is 1. The van der Waals surface area contributed by atoms with Crippen LogP contribution in [0.4, 0.5) is 0 Å². The summed E-state index contributed by atoms with van der Waals surface area (Å²) < 4.78 is 0. The first-order chi connectivity index (χ1) is 8.07. The molecule has 0 aliphatic carbocycles. The van der Waals surface area contributed by atoms with Crippen molar-refractivity contribution < 1.29 is 0 Å². The summed E-state index contributed by atoms with van der Waals surface area (Å²) in [6, 6.07) is 10.5. The number of aryl methyl sites for hydroxylation is 1. The Bertz CT molecular complexity index is 357. The van der Waals surface area contributed by atoms with Crippen LogP contribution >= 0.6 is 0 Å². The summed E-state index contributed by atoms with van der Waals surface area (Å²) in [6.07, 6.45) is 2.04. The van der Waals surface area contributed by atoms with Gasteiger partial charge in [-0.2, -0.15) is 0 Å². The summed E-state index contributed by atoms with van der Waals surface area (Å²) in [4.78, 5) is 4.02. The predicted molar refractivity (Wildman–Crippen MR) is 72.7 cm³/mol. The summed E-state index contributed by atoms with van der Waals surface area (Å²) in [5.74, 6) is 5.97. The van der Waals surface area contributed by atoms with Crippen molar-refractivity contribution in [2.24, 2.45) is 10.8 Å². The smallest absolute Gasteiger partial charge is 0.205 e. The van der Waals surface area contributed by atoms with Gasteiger partial charge in [0.2, 0.25) is 5.96 Å². The van der Waals surface area contributed by atoms with Gasteiger partial charge in [0.15, 0.2) is 0 Å². The van der Waals surface area contributed by atoms with Gasteiger partial charge < -0.3 is 5.32 Å². The molecule has 0 atom stereocenters. The molecule has 0 aromatic heterocycles. The Morgan fingerprint density at radius 2 is 1.94 bits per heavy atom. The molecule has 4 N–H and O–H groups in total. The van der Waals surface area contributed by atoms with Gasteiger partial charge in [-0.05, 0) is 32.3 Å². The first-order valence-electron chi connectivity index (χ1n) is 5.83. The molecular weight excluding hydrogens is 212 g/mol. The van der Waals surface area contributed by atoms with Gasteiger partial charge >= 0.3 is 0 Å². The van der Waals surface area contributed by atoms with Crippen LogP contribution in [0.3, 0.4) is 0 Å². The summed E-state index contributed by atoms with van der Waals surface area (Å²) in [5.41, 5.74) is 3.85. The maximum atomic E-state index is 5.35. The minimum atomic E-state index is -0.0446. The Balaban J connectivity index is 2.50. The second-order valence-electron chi connectivity index (χ2n) is 4.71. The lowest BCUT2D eigenvalue weighted by molar-refractivity contribution is 0.420. The zero-order valence-corrected chi connectivity index (χ0v) is 10.8. The molecular formula is C13H22N4. The zero-order chi connectivity index (χ0) is 12.7. The van der Waals surface area contributed by atoms with E-state index in [-0.39, 0.29) is 5.54 Å². The molecule has 0 amide bonds. The van der Waals surface area contributed by atoms with E-state index in [9.17, 15) is 0 Å². The van der Waals surface area contributed by atoms with E-state index in [2.05, 4.69) is 53.8 Å². The highest BCUT2D eigenvalue weighted by Gasteiger charge is 2.18. The molecule has 4 heteroatoms. The van der Waals surface area contributed by atoms with Crippen LogP contribution in [0, 0.1) is 0 Å². The number of nitrogens with one attached hydrogen (secondary N) is 2. The quantitative estimate of drug-likeness (QED) is 0.320. The SMILES string of the molecule is CN=C(NN)NC(C)(C)CCc1ccccc1. The number of guanidine groups is 1. The summed E-state index contributed by atoms with van der Waals surface area (Å²) in [6.45, 7) is 4.27. The van der Waals surface area contributed by atoms with Crippen molar-refractivity contribution in [1.29, 1.82) is 0 Å². The van der Waals surface area contributed by atoms with E-state index >= 15 is 0 Å². The average molecular weight is 234 g/mol. The maximum Gasteiger partial charge on any atom is 0.205 e. The van der Waals surface area contributed by atoms with Gasteiger partial charge in [0.05, 0.1) is 0 Å². The van der Waals surface area contributed by atoms with Gasteiger partial charge in [0.25, 0.3) is 0 Å². The molecule has 0 aliphatic heterocycles. The highest BCUT2D eigenvalue weighted by molar-refractivity contribution is 5.79. The van der Waals surface area contributed by atoms with E-state index in [1.54, 1.807) is 7.05 Å². The Labute approximate surface area is 103 Å². The number of benzene rings is 1. The van der Waals surface area contributed by atoms with E-state index in [4.69, 9.17) is 5.84 Å². The van der Waals surface area contributed by atoms with Crippen LogP contribution in [-0.2, 0) is 6.42 Å². The molecule has 0 heterocycles.